The van der Waals surface area contributed by atoms with Crippen molar-refractivity contribution >= 4 is 21.6 Å². The van der Waals surface area contributed by atoms with Gasteiger partial charge in [0.15, 0.2) is 9.84 Å². The first-order valence-corrected chi connectivity index (χ1v) is 11.2. The number of carbonyl (C=O) groups excluding carboxylic acids is 1. The fourth-order valence-corrected chi connectivity index (χ4v) is 4.92. The maximum absolute atomic E-state index is 12.9. The molecule has 3 rings (SSSR count). The van der Waals surface area contributed by atoms with Crippen molar-refractivity contribution in [1.29, 1.82) is 0 Å². The molecule has 9 heteroatoms. The van der Waals surface area contributed by atoms with Gasteiger partial charge in [0, 0.05) is 23.1 Å². The number of hydrogen-bond donors (Lipinski definition) is 1. The molecular weight excluding hydrogens is 394 g/mol. The van der Waals surface area contributed by atoms with Gasteiger partial charge in [0.05, 0.1) is 37.5 Å². The largest absolute Gasteiger partial charge is 0.497 e. The molecule has 0 bridgehead atoms. The van der Waals surface area contributed by atoms with E-state index in [2.05, 4.69) is 10.4 Å². The second-order valence-corrected chi connectivity index (χ2v) is 10.5. The van der Waals surface area contributed by atoms with E-state index < -0.39 is 9.84 Å². The van der Waals surface area contributed by atoms with Gasteiger partial charge < -0.3 is 14.8 Å². The van der Waals surface area contributed by atoms with E-state index in [4.69, 9.17) is 9.47 Å². The molecule has 2 heterocycles. The summed E-state index contributed by atoms with van der Waals surface area (Å²) in [6.45, 7) is 6.05. The second kappa shape index (κ2) is 7.70. The van der Waals surface area contributed by atoms with Gasteiger partial charge in [0.1, 0.15) is 17.3 Å². The van der Waals surface area contributed by atoms with E-state index in [1.165, 1.54) is 14.2 Å². The summed E-state index contributed by atoms with van der Waals surface area (Å²) in [7, 11) is -0.0607. The Balaban J connectivity index is 1.96. The lowest BCUT2D eigenvalue weighted by atomic mass is 9.92. The van der Waals surface area contributed by atoms with Crippen molar-refractivity contribution in [3.05, 3.63) is 35.5 Å². The first kappa shape index (κ1) is 21.2. The number of benzene rings is 1. The normalized spacial score (nSPS) is 18.4. The Morgan fingerprint density at radius 2 is 1.76 bits per heavy atom. The van der Waals surface area contributed by atoms with Gasteiger partial charge in [-0.2, -0.15) is 5.10 Å². The Morgan fingerprint density at radius 3 is 2.24 bits per heavy atom. The highest BCUT2D eigenvalue weighted by Gasteiger charge is 2.33. The number of sulfone groups is 1. The van der Waals surface area contributed by atoms with Gasteiger partial charge in [-0.1, -0.05) is 20.8 Å². The minimum Gasteiger partial charge on any atom is -0.497 e. The van der Waals surface area contributed by atoms with Crippen LogP contribution in [0.1, 0.15) is 49.3 Å². The number of methoxy groups -OCH3 is 2. The molecule has 1 fully saturated rings. The van der Waals surface area contributed by atoms with Gasteiger partial charge >= 0.3 is 0 Å². The van der Waals surface area contributed by atoms with Crippen molar-refractivity contribution < 1.29 is 22.7 Å². The van der Waals surface area contributed by atoms with Crippen molar-refractivity contribution in [2.75, 3.05) is 31.0 Å². The molecule has 1 atom stereocenters. The smallest absolute Gasteiger partial charge is 0.257 e. The van der Waals surface area contributed by atoms with Crippen molar-refractivity contribution in [2.45, 2.75) is 38.6 Å². The van der Waals surface area contributed by atoms with Gasteiger partial charge in [0.2, 0.25) is 0 Å². The summed E-state index contributed by atoms with van der Waals surface area (Å²) < 4.78 is 36.0. The molecule has 0 saturated carbocycles. The Morgan fingerprint density at radius 1 is 1.14 bits per heavy atom. The van der Waals surface area contributed by atoms with Crippen LogP contribution < -0.4 is 14.8 Å². The number of carbonyl (C=O) groups is 1. The van der Waals surface area contributed by atoms with Crippen LogP contribution in [0.4, 0.5) is 5.82 Å². The van der Waals surface area contributed by atoms with Gasteiger partial charge in [-0.3, -0.25) is 4.79 Å². The fraction of sp³-hybridized carbons (Fsp3) is 0.500. The number of nitrogens with zero attached hydrogens (tertiary/aromatic N) is 2. The number of aromatic nitrogens is 2. The standard InChI is InChI=1S/C20H27N3O5S/c1-20(2,3)17-11-18(23(22-17)14-6-7-29(25,26)12-14)21-19(24)13-8-15(27-4)10-16(9-13)28-5/h8-11,14H,6-7,12H2,1-5H3,(H,21,24). The monoisotopic (exact) mass is 421 g/mol. The summed E-state index contributed by atoms with van der Waals surface area (Å²) >= 11 is 0. The molecule has 1 unspecified atom stereocenters. The molecule has 8 nitrogen and oxygen atoms in total. The molecule has 0 radical (unpaired) electrons. The van der Waals surface area contributed by atoms with Crippen LogP contribution in [0.5, 0.6) is 11.5 Å². The van der Waals surface area contributed by atoms with E-state index in [9.17, 15) is 13.2 Å². The Kier molecular flexibility index (Phi) is 5.62. The molecule has 0 aliphatic carbocycles. The second-order valence-electron chi connectivity index (χ2n) is 8.22. The molecule has 158 valence electrons. The van der Waals surface area contributed by atoms with Crippen molar-refractivity contribution in [1.82, 2.24) is 9.78 Å². The lowest BCUT2D eigenvalue weighted by molar-refractivity contribution is 0.102. The molecule has 0 spiro atoms. The van der Waals surface area contributed by atoms with Crippen molar-refractivity contribution in [2.24, 2.45) is 0 Å². The SMILES string of the molecule is COc1cc(OC)cc(C(=O)Nc2cc(C(C)(C)C)nn2C2CCS(=O)(=O)C2)c1. The van der Waals surface area contributed by atoms with E-state index in [0.717, 1.165) is 5.69 Å². The molecule has 1 aliphatic heterocycles. The summed E-state index contributed by atoms with van der Waals surface area (Å²) in [6.07, 6.45) is 0.476. The maximum atomic E-state index is 12.9. The van der Waals surface area contributed by atoms with Crippen LogP contribution in [0.2, 0.25) is 0 Å². The van der Waals surface area contributed by atoms with Crippen LogP contribution >= 0.6 is 0 Å². The highest BCUT2D eigenvalue weighted by molar-refractivity contribution is 7.91. The Hall–Kier alpha value is -2.55. The van der Waals surface area contributed by atoms with Crippen LogP contribution in [0, 0.1) is 0 Å². The summed E-state index contributed by atoms with van der Waals surface area (Å²) in [5.74, 6) is 1.27. The zero-order chi connectivity index (χ0) is 21.4. The number of amides is 1. The van der Waals surface area contributed by atoms with Gasteiger partial charge in [-0.15, -0.1) is 0 Å². The van der Waals surface area contributed by atoms with E-state index in [1.807, 2.05) is 20.8 Å². The van der Waals surface area contributed by atoms with Crippen LogP contribution in [0.25, 0.3) is 0 Å². The number of anilines is 1. The summed E-state index contributed by atoms with van der Waals surface area (Å²) in [5, 5.41) is 7.51. The highest BCUT2D eigenvalue weighted by atomic mass is 32.2. The topological polar surface area (TPSA) is 99.5 Å². The van der Waals surface area contributed by atoms with Gasteiger partial charge in [0.25, 0.3) is 5.91 Å². The molecule has 1 saturated heterocycles. The third-order valence-electron chi connectivity index (χ3n) is 4.91. The Labute approximate surface area is 171 Å². The van der Waals surface area contributed by atoms with E-state index in [1.54, 1.807) is 28.9 Å². The maximum Gasteiger partial charge on any atom is 0.257 e. The van der Waals surface area contributed by atoms with Crippen molar-refractivity contribution in [3.63, 3.8) is 0 Å². The zero-order valence-corrected chi connectivity index (χ0v) is 18.2. The molecule has 29 heavy (non-hydrogen) atoms. The van der Waals surface area contributed by atoms with Gasteiger partial charge in [-0.05, 0) is 18.6 Å². The average molecular weight is 422 g/mol. The quantitative estimate of drug-likeness (QED) is 0.797. The molecule has 1 aromatic heterocycles. The molecule has 1 aromatic carbocycles. The van der Waals surface area contributed by atoms with E-state index in [-0.39, 0.29) is 28.9 Å². The van der Waals surface area contributed by atoms with Crippen molar-refractivity contribution in [3.8, 4) is 11.5 Å². The minimum absolute atomic E-state index is 0.0219. The average Bonchev–Trinajstić information content (AvgIpc) is 3.23. The fourth-order valence-electron chi connectivity index (χ4n) is 3.23. The molecule has 1 N–H and O–H groups in total. The predicted octanol–water partition coefficient (Wildman–Crippen LogP) is 2.81. The van der Waals surface area contributed by atoms with E-state index in [0.29, 0.717) is 29.3 Å². The Bertz CT molecular complexity index is 999. The van der Waals surface area contributed by atoms with Crippen LogP contribution in [-0.2, 0) is 15.3 Å². The first-order valence-electron chi connectivity index (χ1n) is 9.37. The summed E-state index contributed by atoms with van der Waals surface area (Å²) in [4.78, 5) is 12.9. The summed E-state index contributed by atoms with van der Waals surface area (Å²) in [6, 6.07) is 6.42. The van der Waals surface area contributed by atoms with E-state index >= 15 is 0 Å². The number of ether oxygens (including phenoxy) is 2. The van der Waals surface area contributed by atoms with Crippen LogP contribution in [-0.4, -0.2) is 49.8 Å². The molecule has 1 amide bonds. The molecule has 1 aliphatic rings. The zero-order valence-electron chi connectivity index (χ0n) is 17.4. The van der Waals surface area contributed by atoms with Crippen LogP contribution in [0.15, 0.2) is 24.3 Å². The molecule has 2 aromatic rings. The number of nitrogens with one attached hydrogen (secondary N) is 1. The third kappa shape index (κ3) is 4.72. The number of rotatable bonds is 5. The number of hydrogen-bond acceptors (Lipinski definition) is 6. The first-order chi connectivity index (χ1) is 13.5. The highest BCUT2D eigenvalue weighted by Crippen LogP contribution is 2.31. The lowest BCUT2D eigenvalue weighted by Crippen LogP contribution is -2.20. The molecular formula is C20H27N3O5S. The van der Waals surface area contributed by atoms with Gasteiger partial charge in [-0.25, -0.2) is 13.1 Å². The van der Waals surface area contributed by atoms with Crippen LogP contribution in [0.3, 0.4) is 0 Å². The lowest BCUT2D eigenvalue weighted by Gasteiger charge is -2.16. The third-order valence-corrected chi connectivity index (χ3v) is 6.66. The predicted molar refractivity (Wildman–Crippen MR) is 111 cm³/mol. The minimum atomic E-state index is -3.09. The summed E-state index contributed by atoms with van der Waals surface area (Å²) in [5.41, 5.74) is 0.895.